The number of hydrogen-bond donors (Lipinski definition) is 2. The van der Waals surface area contributed by atoms with E-state index >= 15 is 0 Å². The van der Waals surface area contributed by atoms with E-state index in [0.717, 1.165) is 11.1 Å². The van der Waals surface area contributed by atoms with Gasteiger partial charge in [0, 0.05) is 22.6 Å². The second-order valence-corrected chi connectivity index (χ2v) is 5.72. The van der Waals surface area contributed by atoms with Crippen molar-refractivity contribution in [3.8, 4) is 17.4 Å². The minimum absolute atomic E-state index is 0.129. The first-order chi connectivity index (χ1) is 11.1. The van der Waals surface area contributed by atoms with E-state index < -0.39 is 0 Å². The van der Waals surface area contributed by atoms with Crippen molar-refractivity contribution in [3.63, 3.8) is 0 Å². The monoisotopic (exact) mass is 325 g/mol. The van der Waals surface area contributed by atoms with Crippen LogP contribution in [-0.4, -0.2) is 15.1 Å². The highest BCUT2D eigenvalue weighted by Gasteiger charge is 2.32. The number of phenolic OH excluding ortho intramolecular Hbond substituents is 1. The molecule has 114 valence electrons. The molecule has 2 heterocycles. The number of aromatic nitrogens is 2. The van der Waals surface area contributed by atoms with Crippen LogP contribution in [0.1, 0.15) is 22.6 Å². The molecule has 0 saturated carbocycles. The Morgan fingerprint density at radius 2 is 1.87 bits per heavy atom. The summed E-state index contributed by atoms with van der Waals surface area (Å²) in [5.41, 5.74) is 8.68. The summed E-state index contributed by atoms with van der Waals surface area (Å²) in [7, 11) is 0. The summed E-state index contributed by atoms with van der Waals surface area (Å²) < 4.78 is 5.80. The molecule has 1 aliphatic heterocycles. The van der Waals surface area contributed by atoms with Crippen molar-refractivity contribution in [2.75, 3.05) is 5.73 Å². The van der Waals surface area contributed by atoms with Crippen molar-refractivity contribution in [2.45, 2.75) is 5.92 Å². The number of phenols is 1. The van der Waals surface area contributed by atoms with E-state index in [1.807, 2.05) is 30.3 Å². The predicted octanol–water partition coefficient (Wildman–Crippen LogP) is 3.70. The number of aromatic hydroxyl groups is 1. The average Bonchev–Trinajstić information content (AvgIpc) is 2.54. The van der Waals surface area contributed by atoms with Gasteiger partial charge in [-0.05, 0) is 23.8 Å². The summed E-state index contributed by atoms with van der Waals surface area (Å²) in [6.45, 7) is 0. The smallest absolute Gasteiger partial charge is 0.228 e. The van der Waals surface area contributed by atoms with E-state index in [1.54, 1.807) is 12.1 Å². The van der Waals surface area contributed by atoms with Gasteiger partial charge in [0.25, 0.3) is 0 Å². The maximum atomic E-state index is 9.73. The lowest BCUT2D eigenvalue weighted by Crippen LogP contribution is -2.15. The summed E-state index contributed by atoms with van der Waals surface area (Å²) in [6, 6.07) is 12.5. The first-order valence-electron chi connectivity index (χ1n) is 7.00. The lowest BCUT2D eigenvalue weighted by molar-refractivity contribution is 0.422. The van der Waals surface area contributed by atoms with Crippen LogP contribution in [0.5, 0.6) is 17.4 Å². The van der Waals surface area contributed by atoms with Gasteiger partial charge in [-0.2, -0.15) is 0 Å². The van der Waals surface area contributed by atoms with Gasteiger partial charge in [0.2, 0.25) is 5.88 Å². The van der Waals surface area contributed by atoms with E-state index in [1.165, 1.54) is 6.33 Å². The number of hydrogen-bond acceptors (Lipinski definition) is 5. The average molecular weight is 326 g/mol. The Hall–Kier alpha value is -2.79. The second-order valence-electron chi connectivity index (χ2n) is 5.29. The highest BCUT2D eigenvalue weighted by atomic mass is 35.5. The summed E-state index contributed by atoms with van der Waals surface area (Å²) in [5, 5.41) is 10.4. The van der Waals surface area contributed by atoms with Crippen molar-refractivity contribution in [1.82, 2.24) is 9.97 Å². The van der Waals surface area contributed by atoms with Crippen LogP contribution in [-0.2, 0) is 0 Å². The number of benzene rings is 2. The highest BCUT2D eigenvalue weighted by Crippen LogP contribution is 2.48. The van der Waals surface area contributed by atoms with Crippen molar-refractivity contribution in [3.05, 3.63) is 70.5 Å². The quantitative estimate of drug-likeness (QED) is 0.557. The van der Waals surface area contributed by atoms with Crippen LogP contribution in [0.2, 0.25) is 5.02 Å². The van der Waals surface area contributed by atoms with Gasteiger partial charge >= 0.3 is 0 Å². The Morgan fingerprint density at radius 1 is 1.09 bits per heavy atom. The van der Waals surface area contributed by atoms with Crippen LogP contribution in [0.15, 0.2) is 48.8 Å². The molecule has 23 heavy (non-hydrogen) atoms. The summed E-state index contributed by atoms with van der Waals surface area (Å²) in [5.74, 6) is 1.26. The molecule has 3 N–H and O–H groups in total. The van der Waals surface area contributed by atoms with E-state index in [2.05, 4.69) is 9.97 Å². The number of nitrogens with two attached hydrogens (primary N) is 1. The van der Waals surface area contributed by atoms with Gasteiger partial charge in [-0.3, -0.25) is 0 Å². The maximum absolute atomic E-state index is 9.73. The molecular formula is C17H12ClN3O2. The molecule has 1 aromatic heterocycles. The predicted molar refractivity (Wildman–Crippen MR) is 87.0 cm³/mol. The normalized spacial score (nSPS) is 15.4. The van der Waals surface area contributed by atoms with Crippen LogP contribution < -0.4 is 10.5 Å². The summed E-state index contributed by atoms with van der Waals surface area (Å²) >= 11 is 6.00. The molecule has 4 rings (SSSR count). The van der Waals surface area contributed by atoms with Gasteiger partial charge in [0.05, 0.1) is 5.56 Å². The second kappa shape index (κ2) is 5.14. The summed E-state index contributed by atoms with van der Waals surface area (Å²) in [4.78, 5) is 8.27. The first-order valence-corrected chi connectivity index (χ1v) is 7.38. The molecule has 1 aliphatic rings. The number of anilines is 1. The fourth-order valence-electron chi connectivity index (χ4n) is 2.86. The Balaban J connectivity index is 1.98. The molecule has 1 atom stereocenters. The van der Waals surface area contributed by atoms with Crippen LogP contribution in [0.3, 0.4) is 0 Å². The molecule has 0 spiro atoms. The number of fused-ring (bicyclic) bond motifs is 2. The van der Waals surface area contributed by atoms with Crippen molar-refractivity contribution in [2.24, 2.45) is 0 Å². The Morgan fingerprint density at radius 3 is 2.65 bits per heavy atom. The number of ether oxygens (including phenoxy) is 1. The lowest BCUT2D eigenvalue weighted by Gasteiger charge is -2.28. The first kappa shape index (κ1) is 13.8. The van der Waals surface area contributed by atoms with E-state index in [-0.39, 0.29) is 11.7 Å². The zero-order valence-corrected chi connectivity index (χ0v) is 12.7. The largest absolute Gasteiger partial charge is 0.508 e. The van der Waals surface area contributed by atoms with Crippen molar-refractivity contribution < 1.29 is 9.84 Å². The molecular weight excluding hydrogens is 314 g/mol. The van der Waals surface area contributed by atoms with Gasteiger partial charge in [-0.15, -0.1) is 0 Å². The molecule has 0 fully saturated rings. The number of nitrogens with zero attached hydrogens (tertiary/aromatic N) is 2. The molecule has 0 amide bonds. The molecule has 1 unspecified atom stereocenters. The third-order valence-corrected chi connectivity index (χ3v) is 4.14. The number of halogens is 1. The molecule has 3 aromatic rings. The van der Waals surface area contributed by atoms with Gasteiger partial charge in [-0.1, -0.05) is 29.8 Å². The lowest BCUT2D eigenvalue weighted by atomic mass is 9.83. The fourth-order valence-corrected chi connectivity index (χ4v) is 2.98. The van der Waals surface area contributed by atoms with Crippen LogP contribution in [0, 0.1) is 0 Å². The zero-order chi connectivity index (χ0) is 16.0. The zero-order valence-electron chi connectivity index (χ0n) is 11.9. The maximum Gasteiger partial charge on any atom is 0.228 e. The molecule has 0 radical (unpaired) electrons. The van der Waals surface area contributed by atoms with Crippen molar-refractivity contribution in [1.29, 1.82) is 0 Å². The van der Waals surface area contributed by atoms with Crippen molar-refractivity contribution >= 4 is 17.4 Å². The molecule has 2 aromatic carbocycles. The molecule has 0 bridgehead atoms. The van der Waals surface area contributed by atoms with Gasteiger partial charge < -0.3 is 15.6 Å². The van der Waals surface area contributed by atoms with Gasteiger partial charge in [0.15, 0.2) is 0 Å². The topological polar surface area (TPSA) is 81.3 Å². The molecule has 0 saturated heterocycles. The third-order valence-electron chi connectivity index (χ3n) is 3.88. The van der Waals surface area contributed by atoms with E-state index in [9.17, 15) is 5.11 Å². The third kappa shape index (κ3) is 2.26. The van der Waals surface area contributed by atoms with E-state index in [0.29, 0.717) is 28.0 Å². The minimum atomic E-state index is -0.187. The Bertz CT molecular complexity index is 897. The highest BCUT2D eigenvalue weighted by molar-refractivity contribution is 6.30. The minimum Gasteiger partial charge on any atom is -0.508 e. The Labute approximate surface area is 137 Å². The van der Waals surface area contributed by atoms with Gasteiger partial charge in [0.1, 0.15) is 23.6 Å². The molecule has 5 nitrogen and oxygen atoms in total. The van der Waals surface area contributed by atoms with E-state index in [4.69, 9.17) is 22.1 Å². The summed E-state index contributed by atoms with van der Waals surface area (Å²) in [6.07, 6.45) is 1.36. The molecule has 0 aliphatic carbocycles. The van der Waals surface area contributed by atoms with Crippen LogP contribution in [0.25, 0.3) is 0 Å². The SMILES string of the molecule is Nc1ncnc2c1C(c1ccc(Cl)cc1)c1ccc(O)cc1O2. The van der Waals surface area contributed by atoms with Gasteiger partial charge in [-0.25, -0.2) is 9.97 Å². The molecule has 6 heteroatoms. The Kier molecular flexibility index (Phi) is 3.09. The number of rotatable bonds is 1. The van der Waals surface area contributed by atoms with Crippen LogP contribution in [0.4, 0.5) is 5.82 Å². The number of nitrogen functional groups attached to an aromatic ring is 1. The standard InChI is InChI=1S/C17H12ClN3O2/c18-10-3-1-9(2-4-10)14-12-6-5-11(22)7-13(12)23-17-15(14)16(19)20-8-21-17/h1-8,14,22H,(H2,19,20,21). The fraction of sp³-hybridized carbons (Fsp3) is 0.0588. The van der Waals surface area contributed by atoms with Crippen LogP contribution >= 0.6 is 11.6 Å².